The van der Waals surface area contributed by atoms with Crippen LogP contribution in [-0.4, -0.2) is 15.1 Å². The number of benzene rings is 1. The maximum Gasteiger partial charge on any atom is 0.326 e. The summed E-state index contributed by atoms with van der Waals surface area (Å²) < 4.78 is 5.74. The molecule has 0 radical (unpaired) electrons. The molecule has 1 aromatic heterocycles. The number of nitrogens with zero attached hydrogens (tertiary/aromatic N) is 1. The van der Waals surface area contributed by atoms with E-state index in [1.807, 2.05) is 6.07 Å². The van der Waals surface area contributed by atoms with Gasteiger partial charge in [0.2, 0.25) is 5.79 Å². The van der Waals surface area contributed by atoms with Crippen LogP contribution >= 0.6 is 0 Å². The minimum atomic E-state index is -2.01. The Morgan fingerprint density at radius 1 is 1.22 bits per heavy atom. The predicted octanol–water partition coefficient (Wildman–Crippen LogP) is 0.702. The molecule has 2 heterocycles. The summed E-state index contributed by atoms with van der Waals surface area (Å²) in [7, 11) is 0. The van der Waals surface area contributed by atoms with Gasteiger partial charge in [-0.2, -0.15) is 5.26 Å². The summed E-state index contributed by atoms with van der Waals surface area (Å²) in [5.41, 5.74) is -0.949. The van der Waals surface area contributed by atoms with Crippen molar-refractivity contribution in [3.8, 4) is 6.07 Å². The Kier molecular flexibility index (Phi) is 3.08. The summed E-state index contributed by atoms with van der Waals surface area (Å²) in [4.78, 5) is 28.4. The van der Waals surface area contributed by atoms with Gasteiger partial charge in [-0.3, -0.25) is 9.78 Å². The monoisotopic (exact) mass is 313 g/mol. The van der Waals surface area contributed by atoms with Gasteiger partial charge in [-0.05, 0) is 38.5 Å². The zero-order valence-electron chi connectivity index (χ0n) is 12.9. The Morgan fingerprint density at radius 2 is 1.91 bits per heavy atom. The number of hydrogen-bond donors (Lipinski definition) is 3. The average molecular weight is 313 g/mol. The molecule has 1 unspecified atom stereocenters. The fraction of sp³-hybridized carbons (Fsp3) is 0.312. The van der Waals surface area contributed by atoms with Crippen molar-refractivity contribution in [3.63, 3.8) is 0 Å². The molecule has 1 aromatic carbocycles. The molecule has 118 valence electrons. The van der Waals surface area contributed by atoms with Crippen LogP contribution in [0.1, 0.15) is 41.8 Å². The Hall–Kier alpha value is -2.69. The van der Waals surface area contributed by atoms with Crippen LogP contribution in [0, 0.1) is 18.3 Å². The van der Waals surface area contributed by atoms with Crippen LogP contribution in [0.25, 0.3) is 0 Å². The average Bonchev–Trinajstić information content (AvgIpc) is 2.65. The zero-order valence-corrected chi connectivity index (χ0v) is 12.9. The first-order valence-corrected chi connectivity index (χ1v) is 7.00. The van der Waals surface area contributed by atoms with Gasteiger partial charge in [0, 0.05) is 5.56 Å². The van der Waals surface area contributed by atoms with Crippen molar-refractivity contribution in [2.45, 2.75) is 32.2 Å². The fourth-order valence-electron chi connectivity index (χ4n) is 3.03. The highest BCUT2D eigenvalue weighted by Crippen LogP contribution is 2.46. The number of hydrogen-bond acceptors (Lipinski definition) is 5. The Morgan fingerprint density at radius 3 is 2.57 bits per heavy atom. The van der Waals surface area contributed by atoms with Crippen LogP contribution in [0.2, 0.25) is 0 Å². The minimum Gasteiger partial charge on any atom is -0.357 e. The molecule has 7 heteroatoms. The SMILES string of the molecule is Cc1cc(C#N)cc(C2(O)OC(C)(C)c3c2[nH]c(=O)[nH]c3=O)c1. The maximum atomic E-state index is 12.1. The molecule has 0 fully saturated rings. The van der Waals surface area contributed by atoms with Gasteiger partial charge in [-0.1, -0.05) is 6.07 Å². The van der Waals surface area contributed by atoms with Crippen molar-refractivity contribution in [1.82, 2.24) is 9.97 Å². The summed E-state index contributed by atoms with van der Waals surface area (Å²) in [5.74, 6) is -2.01. The van der Waals surface area contributed by atoms with Crippen LogP contribution in [0.3, 0.4) is 0 Å². The standard InChI is InChI=1S/C16H15N3O4/c1-8-4-9(7-17)6-10(5-8)16(22)12-11(15(2,3)23-16)13(20)19-14(21)18-12/h4-6,22H,1-3H3,(H2,18,19,20,21). The van der Waals surface area contributed by atoms with E-state index < -0.39 is 22.6 Å². The zero-order chi connectivity index (χ0) is 17.0. The molecule has 0 saturated heterocycles. The van der Waals surface area contributed by atoms with Crippen molar-refractivity contribution < 1.29 is 9.84 Å². The van der Waals surface area contributed by atoms with Crippen molar-refractivity contribution in [3.05, 3.63) is 67.0 Å². The molecule has 3 N–H and O–H groups in total. The molecule has 0 spiro atoms. The first kappa shape index (κ1) is 15.2. The number of aryl methyl sites for hydroxylation is 1. The molecule has 0 saturated carbocycles. The second-order valence-electron chi connectivity index (χ2n) is 6.11. The topological polar surface area (TPSA) is 119 Å². The third kappa shape index (κ3) is 2.20. The van der Waals surface area contributed by atoms with E-state index >= 15 is 0 Å². The first-order valence-electron chi connectivity index (χ1n) is 7.00. The highest BCUT2D eigenvalue weighted by Gasteiger charge is 2.52. The van der Waals surface area contributed by atoms with E-state index in [1.165, 1.54) is 6.07 Å². The number of H-pyrrole nitrogens is 2. The van der Waals surface area contributed by atoms with Crippen LogP contribution in [0.5, 0.6) is 0 Å². The molecule has 23 heavy (non-hydrogen) atoms. The molecule has 1 atom stereocenters. The number of aromatic nitrogens is 2. The van der Waals surface area contributed by atoms with E-state index in [0.29, 0.717) is 5.56 Å². The summed E-state index contributed by atoms with van der Waals surface area (Å²) in [6.45, 7) is 5.02. The van der Waals surface area contributed by atoms with Gasteiger partial charge in [0.05, 0.1) is 28.5 Å². The van der Waals surface area contributed by atoms with Gasteiger partial charge in [0.25, 0.3) is 5.56 Å². The number of fused-ring (bicyclic) bond motifs is 1. The van der Waals surface area contributed by atoms with Gasteiger partial charge in [0.15, 0.2) is 0 Å². The largest absolute Gasteiger partial charge is 0.357 e. The van der Waals surface area contributed by atoms with Gasteiger partial charge in [-0.25, -0.2) is 4.79 Å². The van der Waals surface area contributed by atoms with Gasteiger partial charge in [-0.15, -0.1) is 0 Å². The van der Waals surface area contributed by atoms with E-state index in [9.17, 15) is 14.7 Å². The Balaban J connectivity index is 2.35. The molecule has 0 bridgehead atoms. The number of nitriles is 1. The Labute approximate surface area is 131 Å². The second-order valence-corrected chi connectivity index (χ2v) is 6.11. The molecule has 7 nitrogen and oxygen atoms in total. The molecule has 1 aliphatic heterocycles. The highest BCUT2D eigenvalue weighted by molar-refractivity contribution is 5.45. The lowest BCUT2D eigenvalue weighted by atomic mass is 9.94. The van der Waals surface area contributed by atoms with Crippen molar-refractivity contribution >= 4 is 0 Å². The van der Waals surface area contributed by atoms with E-state index in [2.05, 4.69) is 9.97 Å². The third-order valence-electron chi connectivity index (χ3n) is 3.88. The van der Waals surface area contributed by atoms with Gasteiger partial charge < -0.3 is 14.8 Å². The number of nitrogens with one attached hydrogen (secondary N) is 2. The summed E-state index contributed by atoms with van der Waals surface area (Å²) in [6, 6.07) is 6.79. The summed E-state index contributed by atoms with van der Waals surface area (Å²) >= 11 is 0. The number of aliphatic hydroxyl groups is 1. The summed E-state index contributed by atoms with van der Waals surface area (Å²) in [6.07, 6.45) is 0. The third-order valence-corrected chi connectivity index (χ3v) is 3.88. The van der Waals surface area contributed by atoms with Crippen molar-refractivity contribution in [1.29, 1.82) is 5.26 Å². The normalized spacial score (nSPS) is 21.7. The van der Waals surface area contributed by atoms with Crippen LogP contribution in [-0.2, 0) is 16.1 Å². The summed E-state index contributed by atoms with van der Waals surface area (Å²) in [5, 5.41) is 20.2. The lowest BCUT2D eigenvalue weighted by Crippen LogP contribution is -2.33. The van der Waals surface area contributed by atoms with Crippen LogP contribution in [0.15, 0.2) is 27.8 Å². The van der Waals surface area contributed by atoms with E-state index in [4.69, 9.17) is 10.00 Å². The fourth-order valence-corrected chi connectivity index (χ4v) is 3.03. The molecule has 1 aliphatic rings. The number of aromatic amines is 2. The van der Waals surface area contributed by atoms with E-state index in [1.54, 1.807) is 32.9 Å². The van der Waals surface area contributed by atoms with Crippen LogP contribution in [0.4, 0.5) is 0 Å². The highest BCUT2D eigenvalue weighted by atomic mass is 16.6. The molecule has 0 amide bonds. The van der Waals surface area contributed by atoms with Gasteiger partial charge in [0.1, 0.15) is 0 Å². The van der Waals surface area contributed by atoms with Crippen LogP contribution < -0.4 is 11.2 Å². The van der Waals surface area contributed by atoms with Crippen molar-refractivity contribution in [2.24, 2.45) is 0 Å². The predicted molar refractivity (Wildman–Crippen MR) is 80.7 cm³/mol. The lowest BCUT2D eigenvalue weighted by molar-refractivity contribution is -0.224. The molecule has 0 aliphatic carbocycles. The van der Waals surface area contributed by atoms with Gasteiger partial charge >= 0.3 is 5.69 Å². The second kappa shape index (κ2) is 4.65. The quantitative estimate of drug-likeness (QED) is 0.716. The molecular weight excluding hydrogens is 298 g/mol. The molecule has 3 rings (SSSR count). The maximum absolute atomic E-state index is 12.1. The lowest BCUT2D eigenvalue weighted by Gasteiger charge is -2.27. The van der Waals surface area contributed by atoms with E-state index in [-0.39, 0.29) is 16.8 Å². The number of rotatable bonds is 1. The first-order chi connectivity index (χ1) is 10.7. The van der Waals surface area contributed by atoms with E-state index in [0.717, 1.165) is 5.56 Å². The molecular formula is C16H15N3O4. The Bertz CT molecular complexity index is 965. The smallest absolute Gasteiger partial charge is 0.326 e. The number of ether oxygens (including phenoxy) is 1. The molecule has 2 aromatic rings. The minimum absolute atomic E-state index is 0.00857. The van der Waals surface area contributed by atoms with Crippen molar-refractivity contribution in [2.75, 3.05) is 0 Å².